The van der Waals surface area contributed by atoms with E-state index in [1.54, 1.807) is 18.3 Å². The molecule has 0 spiro atoms. The zero-order valence-electron chi connectivity index (χ0n) is 21.9. The number of nitrogens with one attached hydrogen (secondary N) is 2. The maximum atomic E-state index is 11.7. The van der Waals surface area contributed by atoms with E-state index in [1.807, 2.05) is 72.1 Å². The molecule has 3 aromatic carbocycles. The van der Waals surface area contributed by atoms with Gasteiger partial charge in [0.2, 0.25) is 11.9 Å². The van der Waals surface area contributed by atoms with Crippen molar-refractivity contribution in [1.82, 2.24) is 19.5 Å². The fourth-order valence-electron chi connectivity index (χ4n) is 4.23. The summed E-state index contributed by atoms with van der Waals surface area (Å²) in [4.78, 5) is 15.8. The van der Waals surface area contributed by atoms with Crippen molar-refractivity contribution in [2.24, 2.45) is 7.05 Å². The van der Waals surface area contributed by atoms with E-state index in [0.29, 0.717) is 23.9 Å². The van der Waals surface area contributed by atoms with Crippen molar-refractivity contribution in [2.45, 2.75) is 12.3 Å². The Morgan fingerprint density at radius 1 is 0.923 bits per heavy atom. The van der Waals surface area contributed by atoms with Crippen LogP contribution in [0.2, 0.25) is 0 Å². The van der Waals surface area contributed by atoms with Crippen molar-refractivity contribution >= 4 is 62.4 Å². The van der Waals surface area contributed by atoms with Crippen LogP contribution in [0.1, 0.15) is 11.1 Å². The van der Waals surface area contributed by atoms with Gasteiger partial charge in [-0.2, -0.15) is 4.98 Å². The van der Waals surface area contributed by atoms with Crippen molar-refractivity contribution < 1.29 is 8.42 Å². The summed E-state index contributed by atoms with van der Waals surface area (Å²) in [6.07, 6.45) is 2.91. The van der Waals surface area contributed by atoms with Gasteiger partial charge in [-0.15, -0.1) is 12.4 Å². The normalized spacial score (nSPS) is 11.2. The third-order valence-electron chi connectivity index (χ3n) is 6.14. The van der Waals surface area contributed by atoms with Gasteiger partial charge >= 0.3 is 0 Å². The molecule has 2 N–H and O–H groups in total. The number of hydrogen-bond acceptors (Lipinski definition) is 8. The second-order valence-corrected chi connectivity index (χ2v) is 11.3. The predicted molar refractivity (Wildman–Crippen MR) is 160 cm³/mol. The number of halogens is 1. The predicted octanol–water partition coefficient (Wildman–Crippen LogP) is 5.45. The van der Waals surface area contributed by atoms with E-state index in [-0.39, 0.29) is 18.2 Å². The molecule has 0 saturated heterocycles. The Morgan fingerprint density at radius 2 is 1.69 bits per heavy atom. The van der Waals surface area contributed by atoms with Crippen molar-refractivity contribution in [2.75, 3.05) is 28.8 Å². The minimum Gasteiger partial charge on any atom is -0.352 e. The Kier molecular flexibility index (Phi) is 8.37. The third kappa shape index (κ3) is 6.84. The number of benzene rings is 3. The van der Waals surface area contributed by atoms with Crippen LogP contribution >= 0.6 is 12.4 Å². The second kappa shape index (κ2) is 11.7. The zero-order chi connectivity index (χ0) is 26.7. The fraction of sp³-hybridized carbons (Fsp3) is 0.179. The van der Waals surface area contributed by atoms with Gasteiger partial charge in [-0.25, -0.2) is 18.4 Å². The highest BCUT2D eigenvalue weighted by Crippen LogP contribution is 2.28. The number of rotatable bonds is 9. The molecule has 202 valence electrons. The first kappa shape index (κ1) is 27.9. The SMILES string of the molecule is CN(c1ccc2c(c1)nc(NCc1ccccc1)n2C)c1ccnc(Nc2cccc(CS(C)(=O)=O)c2)n1.Cl. The third-order valence-corrected chi connectivity index (χ3v) is 7.00. The number of fused-ring (bicyclic) bond motifs is 1. The van der Waals surface area contributed by atoms with E-state index >= 15 is 0 Å². The van der Waals surface area contributed by atoms with E-state index in [9.17, 15) is 8.42 Å². The first-order valence-electron chi connectivity index (χ1n) is 12.1. The van der Waals surface area contributed by atoms with Gasteiger partial charge in [0.1, 0.15) is 5.82 Å². The lowest BCUT2D eigenvalue weighted by molar-refractivity contribution is 0.601. The highest BCUT2D eigenvalue weighted by Gasteiger charge is 2.13. The molecule has 0 bridgehead atoms. The Morgan fingerprint density at radius 3 is 2.46 bits per heavy atom. The van der Waals surface area contributed by atoms with Crippen LogP contribution in [0.25, 0.3) is 11.0 Å². The van der Waals surface area contributed by atoms with Crippen LogP contribution < -0.4 is 15.5 Å². The van der Waals surface area contributed by atoms with Gasteiger partial charge in [0.15, 0.2) is 9.84 Å². The van der Waals surface area contributed by atoms with Crippen molar-refractivity contribution in [3.05, 3.63) is 96.2 Å². The number of anilines is 5. The quantitative estimate of drug-likeness (QED) is 0.244. The molecule has 0 saturated carbocycles. The van der Waals surface area contributed by atoms with Crippen molar-refractivity contribution in [1.29, 1.82) is 0 Å². The minimum absolute atomic E-state index is 0. The summed E-state index contributed by atoms with van der Waals surface area (Å²) >= 11 is 0. The molecule has 0 unspecified atom stereocenters. The van der Waals surface area contributed by atoms with Crippen LogP contribution in [-0.2, 0) is 29.2 Å². The van der Waals surface area contributed by atoms with E-state index in [1.165, 1.54) is 11.8 Å². The highest BCUT2D eigenvalue weighted by molar-refractivity contribution is 7.89. The van der Waals surface area contributed by atoms with Crippen LogP contribution in [0.3, 0.4) is 0 Å². The van der Waals surface area contributed by atoms with Gasteiger partial charge in [0, 0.05) is 44.5 Å². The molecule has 0 aliphatic carbocycles. The maximum absolute atomic E-state index is 11.7. The molecule has 11 heteroatoms. The first-order valence-corrected chi connectivity index (χ1v) is 14.2. The van der Waals surface area contributed by atoms with E-state index < -0.39 is 9.84 Å². The fourth-order valence-corrected chi connectivity index (χ4v) is 5.02. The standard InChI is InChI=1S/C28H29N7O2S.ClH/c1-34(26-14-15-29-27(33-26)31-22-11-7-10-21(16-22)19-38(3,36)37)23-12-13-25-24(17-23)32-28(35(25)2)30-18-20-8-5-4-6-9-20;/h4-17H,18-19H2,1-3H3,(H,30,32)(H,29,31,33);1H. The Balaban J connectivity index is 0.00000353. The molecule has 0 aliphatic heterocycles. The van der Waals surface area contributed by atoms with Gasteiger partial charge in [-0.05, 0) is 47.5 Å². The van der Waals surface area contributed by atoms with Crippen LogP contribution in [-0.4, -0.2) is 41.2 Å². The highest BCUT2D eigenvalue weighted by atomic mass is 35.5. The van der Waals surface area contributed by atoms with Crippen molar-refractivity contribution in [3.63, 3.8) is 0 Å². The van der Waals surface area contributed by atoms with Crippen molar-refractivity contribution in [3.8, 4) is 0 Å². The molecule has 2 heterocycles. The smallest absolute Gasteiger partial charge is 0.229 e. The Hall–Kier alpha value is -4.15. The van der Waals surface area contributed by atoms with Gasteiger partial charge in [0.05, 0.1) is 16.8 Å². The van der Waals surface area contributed by atoms with Crippen LogP contribution in [0.5, 0.6) is 0 Å². The molecule has 0 aliphatic rings. The second-order valence-electron chi connectivity index (χ2n) is 9.20. The number of hydrogen-bond donors (Lipinski definition) is 2. The molecular formula is C28H30ClN7O2S. The maximum Gasteiger partial charge on any atom is 0.229 e. The van der Waals surface area contributed by atoms with Gasteiger partial charge in [-0.1, -0.05) is 42.5 Å². The zero-order valence-corrected chi connectivity index (χ0v) is 23.5. The van der Waals surface area contributed by atoms with Gasteiger partial charge < -0.3 is 20.1 Å². The molecule has 0 radical (unpaired) electrons. The lowest BCUT2D eigenvalue weighted by atomic mass is 10.2. The average Bonchev–Trinajstić information content (AvgIpc) is 3.21. The van der Waals surface area contributed by atoms with Gasteiger partial charge in [-0.3, -0.25) is 0 Å². The average molecular weight is 564 g/mol. The lowest BCUT2D eigenvalue weighted by Crippen LogP contribution is -2.12. The summed E-state index contributed by atoms with van der Waals surface area (Å²) in [5.74, 6) is 1.89. The largest absolute Gasteiger partial charge is 0.352 e. The summed E-state index contributed by atoms with van der Waals surface area (Å²) in [5, 5.41) is 6.60. The summed E-state index contributed by atoms with van der Waals surface area (Å²) < 4.78 is 25.4. The molecule has 5 rings (SSSR count). The minimum atomic E-state index is -3.12. The molecular weight excluding hydrogens is 534 g/mol. The molecule has 9 nitrogen and oxygen atoms in total. The summed E-state index contributed by atoms with van der Waals surface area (Å²) in [6, 6.07) is 25.4. The van der Waals surface area contributed by atoms with E-state index in [2.05, 4.69) is 38.8 Å². The summed E-state index contributed by atoms with van der Waals surface area (Å²) in [5.41, 5.74) is 5.45. The van der Waals surface area contributed by atoms with E-state index in [0.717, 1.165) is 28.4 Å². The topological polar surface area (TPSA) is 105 Å². The number of aryl methyl sites for hydroxylation is 1. The van der Waals surface area contributed by atoms with E-state index in [4.69, 9.17) is 4.98 Å². The molecule has 0 amide bonds. The molecule has 39 heavy (non-hydrogen) atoms. The van der Waals surface area contributed by atoms with Crippen LogP contribution in [0.4, 0.5) is 29.1 Å². The lowest BCUT2D eigenvalue weighted by Gasteiger charge is -2.19. The molecule has 5 aromatic rings. The summed E-state index contributed by atoms with van der Waals surface area (Å²) in [6.45, 7) is 0.693. The number of sulfone groups is 1. The number of imidazole rings is 1. The number of aromatic nitrogens is 4. The van der Waals surface area contributed by atoms with Gasteiger partial charge in [0.25, 0.3) is 0 Å². The van der Waals surface area contributed by atoms with Crippen LogP contribution in [0, 0.1) is 0 Å². The monoisotopic (exact) mass is 563 g/mol. The Labute approximate surface area is 234 Å². The Bertz CT molecular complexity index is 1690. The summed E-state index contributed by atoms with van der Waals surface area (Å²) in [7, 11) is 0.817. The molecule has 0 fully saturated rings. The number of nitrogens with zero attached hydrogens (tertiary/aromatic N) is 5. The first-order chi connectivity index (χ1) is 18.2. The molecule has 2 aromatic heterocycles. The van der Waals surface area contributed by atoms with Crippen LogP contribution in [0.15, 0.2) is 85.1 Å². The molecule has 0 atom stereocenters.